The standard InChI is InChI=1S/C10H17N3O2/c1-7-5-9(15)13(12-7)6-8(14)11-10(2,3)4/h5,12H,6H2,1-4H3,(H,11,14). The molecule has 0 spiro atoms. The van der Waals surface area contributed by atoms with Crippen molar-refractivity contribution in [1.82, 2.24) is 15.1 Å². The molecule has 1 aromatic rings. The molecule has 2 N–H and O–H groups in total. The molecule has 15 heavy (non-hydrogen) atoms. The fourth-order valence-corrected chi connectivity index (χ4v) is 1.28. The van der Waals surface area contributed by atoms with Gasteiger partial charge in [0.05, 0.1) is 0 Å². The number of carbonyl (C=O) groups is 1. The first kappa shape index (κ1) is 11.6. The SMILES string of the molecule is Cc1cc(=O)n(CC(=O)NC(C)(C)C)[nH]1. The zero-order chi connectivity index (χ0) is 11.6. The monoisotopic (exact) mass is 211 g/mol. The maximum Gasteiger partial charge on any atom is 0.267 e. The Balaban J connectivity index is 2.67. The van der Waals surface area contributed by atoms with Crippen molar-refractivity contribution in [3.05, 3.63) is 22.1 Å². The Morgan fingerprint density at radius 1 is 1.53 bits per heavy atom. The summed E-state index contributed by atoms with van der Waals surface area (Å²) in [4.78, 5) is 22.8. The lowest BCUT2D eigenvalue weighted by molar-refractivity contribution is -0.123. The molecule has 0 aliphatic rings. The van der Waals surface area contributed by atoms with Crippen molar-refractivity contribution in [2.24, 2.45) is 0 Å². The number of hydrogen-bond donors (Lipinski definition) is 2. The molecule has 0 atom stereocenters. The number of aryl methyl sites for hydroxylation is 1. The smallest absolute Gasteiger partial charge is 0.267 e. The molecule has 1 heterocycles. The summed E-state index contributed by atoms with van der Waals surface area (Å²) in [5, 5.41) is 5.59. The molecule has 0 saturated carbocycles. The van der Waals surface area contributed by atoms with Crippen LogP contribution in [0.15, 0.2) is 10.9 Å². The summed E-state index contributed by atoms with van der Waals surface area (Å²) in [5.41, 5.74) is 0.294. The second-order valence-corrected chi connectivity index (χ2v) is 4.66. The van der Waals surface area contributed by atoms with Crippen LogP contribution in [0, 0.1) is 6.92 Å². The number of nitrogens with one attached hydrogen (secondary N) is 2. The molecule has 5 heteroatoms. The highest BCUT2D eigenvalue weighted by atomic mass is 16.2. The van der Waals surface area contributed by atoms with Gasteiger partial charge in [-0.15, -0.1) is 0 Å². The number of aromatic amines is 1. The molecule has 1 aromatic heterocycles. The summed E-state index contributed by atoms with van der Waals surface area (Å²) >= 11 is 0. The summed E-state index contributed by atoms with van der Waals surface area (Å²) in [6.45, 7) is 7.50. The molecule has 0 aliphatic carbocycles. The van der Waals surface area contributed by atoms with Crippen LogP contribution in [0.1, 0.15) is 26.5 Å². The highest BCUT2D eigenvalue weighted by Gasteiger charge is 2.14. The third-order valence-electron chi connectivity index (χ3n) is 1.73. The number of rotatable bonds is 2. The van der Waals surface area contributed by atoms with Gasteiger partial charge in [-0.05, 0) is 27.7 Å². The molecule has 1 rings (SSSR count). The third-order valence-corrected chi connectivity index (χ3v) is 1.73. The lowest BCUT2D eigenvalue weighted by Gasteiger charge is -2.20. The van der Waals surface area contributed by atoms with Gasteiger partial charge in [-0.25, -0.2) is 4.68 Å². The fraction of sp³-hybridized carbons (Fsp3) is 0.600. The highest BCUT2D eigenvalue weighted by molar-refractivity contribution is 5.76. The zero-order valence-corrected chi connectivity index (χ0v) is 9.55. The van der Waals surface area contributed by atoms with E-state index in [0.29, 0.717) is 0 Å². The fourth-order valence-electron chi connectivity index (χ4n) is 1.28. The summed E-state index contributed by atoms with van der Waals surface area (Å²) in [6.07, 6.45) is 0. The molecule has 0 aromatic carbocycles. The van der Waals surface area contributed by atoms with Crippen LogP contribution in [-0.2, 0) is 11.3 Å². The van der Waals surface area contributed by atoms with Crippen LogP contribution < -0.4 is 10.9 Å². The first-order chi connectivity index (χ1) is 6.78. The molecule has 0 aliphatic heterocycles. The van der Waals surface area contributed by atoms with Crippen molar-refractivity contribution in [1.29, 1.82) is 0 Å². The zero-order valence-electron chi connectivity index (χ0n) is 9.55. The second kappa shape index (κ2) is 3.92. The minimum absolute atomic E-state index is 0.0317. The minimum atomic E-state index is -0.275. The lowest BCUT2D eigenvalue weighted by atomic mass is 10.1. The van der Waals surface area contributed by atoms with Crippen LogP contribution in [0.2, 0.25) is 0 Å². The molecule has 5 nitrogen and oxygen atoms in total. The molecule has 0 unspecified atom stereocenters. The Kier molecular flexibility index (Phi) is 3.02. The largest absolute Gasteiger partial charge is 0.350 e. The first-order valence-corrected chi connectivity index (χ1v) is 4.85. The van der Waals surface area contributed by atoms with Crippen molar-refractivity contribution in [3.63, 3.8) is 0 Å². The van der Waals surface area contributed by atoms with E-state index >= 15 is 0 Å². The molecule has 0 bridgehead atoms. The van der Waals surface area contributed by atoms with Crippen LogP contribution in [-0.4, -0.2) is 21.2 Å². The number of H-pyrrole nitrogens is 1. The Hall–Kier alpha value is -1.52. The highest BCUT2D eigenvalue weighted by Crippen LogP contribution is 1.98. The van der Waals surface area contributed by atoms with E-state index in [-0.39, 0.29) is 23.6 Å². The van der Waals surface area contributed by atoms with Gasteiger partial charge in [0.1, 0.15) is 6.54 Å². The van der Waals surface area contributed by atoms with Crippen molar-refractivity contribution >= 4 is 5.91 Å². The second-order valence-electron chi connectivity index (χ2n) is 4.66. The van der Waals surface area contributed by atoms with Gasteiger partial charge >= 0.3 is 0 Å². The molecule has 84 valence electrons. The van der Waals surface area contributed by atoms with Crippen LogP contribution >= 0.6 is 0 Å². The van der Waals surface area contributed by atoms with Crippen LogP contribution in [0.5, 0.6) is 0 Å². The molecule has 1 amide bonds. The van der Waals surface area contributed by atoms with E-state index in [9.17, 15) is 9.59 Å². The van der Waals surface area contributed by atoms with Crippen molar-refractivity contribution in [2.45, 2.75) is 39.8 Å². The Morgan fingerprint density at radius 3 is 2.53 bits per heavy atom. The van der Waals surface area contributed by atoms with Crippen molar-refractivity contribution < 1.29 is 4.79 Å². The summed E-state index contributed by atoms with van der Waals surface area (Å²) < 4.78 is 1.29. The van der Waals surface area contributed by atoms with Gasteiger partial charge < -0.3 is 5.32 Å². The normalized spacial score (nSPS) is 11.5. The van der Waals surface area contributed by atoms with E-state index in [1.807, 2.05) is 20.8 Å². The topological polar surface area (TPSA) is 66.9 Å². The van der Waals surface area contributed by atoms with E-state index in [2.05, 4.69) is 10.4 Å². The van der Waals surface area contributed by atoms with Crippen LogP contribution in [0.25, 0.3) is 0 Å². The molecular formula is C10H17N3O2. The third kappa shape index (κ3) is 3.61. The maximum absolute atomic E-state index is 11.5. The molecular weight excluding hydrogens is 194 g/mol. The van der Waals surface area contributed by atoms with Gasteiger partial charge in [-0.3, -0.25) is 14.7 Å². The van der Waals surface area contributed by atoms with E-state index < -0.39 is 0 Å². The average Bonchev–Trinajstić information content (AvgIpc) is 2.25. The average molecular weight is 211 g/mol. The van der Waals surface area contributed by atoms with Gasteiger partial charge in [0.15, 0.2) is 0 Å². The Bertz CT molecular complexity index is 409. The summed E-state index contributed by atoms with van der Waals surface area (Å²) in [6, 6.07) is 1.46. The van der Waals surface area contributed by atoms with E-state index in [4.69, 9.17) is 0 Å². The van der Waals surface area contributed by atoms with Crippen LogP contribution in [0.3, 0.4) is 0 Å². The number of aromatic nitrogens is 2. The van der Waals surface area contributed by atoms with Crippen molar-refractivity contribution in [3.8, 4) is 0 Å². The van der Waals surface area contributed by atoms with E-state index in [1.54, 1.807) is 6.92 Å². The predicted octanol–water partition coefficient (Wildman–Crippen LogP) is 0.400. The van der Waals surface area contributed by atoms with Gasteiger partial charge in [0, 0.05) is 17.3 Å². The van der Waals surface area contributed by atoms with E-state index in [1.165, 1.54) is 10.7 Å². The van der Waals surface area contributed by atoms with Crippen molar-refractivity contribution in [2.75, 3.05) is 0 Å². The molecule has 0 radical (unpaired) electrons. The Labute approximate surface area is 88.5 Å². The quantitative estimate of drug-likeness (QED) is 0.743. The maximum atomic E-state index is 11.5. The van der Waals surface area contributed by atoms with Gasteiger partial charge in [0.2, 0.25) is 5.91 Å². The first-order valence-electron chi connectivity index (χ1n) is 4.85. The van der Waals surface area contributed by atoms with Gasteiger partial charge in [-0.1, -0.05) is 0 Å². The minimum Gasteiger partial charge on any atom is -0.350 e. The van der Waals surface area contributed by atoms with Crippen LogP contribution in [0.4, 0.5) is 0 Å². The van der Waals surface area contributed by atoms with E-state index in [0.717, 1.165) is 5.69 Å². The number of nitrogens with zero attached hydrogens (tertiary/aromatic N) is 1. The van der Waals surface area contributed by atoms with Gasteiger partial charge in [-0.2, -0.15) is 0 Å². The lowest BCUT2D eigenvalue weighted by Crippen LogP contribution is -2.43. The molecule has 0 saturated heterocycles. The summed E-state index contributed by atoms with van der Waals surface area (Å²) in [5.74, 6) is -0.175. The summed E-state index contributed by atoms with van der Waals surface area (Å²) in [7, 11) is 0. The number of carbonyl (C=O) groups excluding carboxylic acids is 1. The van der Waals surface area contributed by atoms with Gasteiger partial charge in [0.25, 0.3) is 5.56 Å². The Morgan fingerprint density at radius 2 is 2.13 bits per heavy atom. The molecule has 0 fully saturated rings. The number of hydrogen-bond acceptors (Lipinski definition) is 2. The number of amides is 1. The predicted molar refractivity (Wildman–Crippen MR) is 57.7 cm³/mol.